The Labute approximate surface area is 113 Å². The first-order chi connectivity index (χ1) is 9.05. The third kappa shape index (κ3) is 1.79. The van der Waals surface area contributed by atoms with Gasteiger partial charge in [0, 0.05) is 6.04 Å². The van der Waals surface area contributed by atoms with Gasteiger partial charge in [-0.1, -0.05) is 0 Å². The molecule has 5 heteroatoms. The Morgan fingerprint density at radius 3 is 2.58 bits per heavy atom. The minimum absolute atomic E-state index is 0.157. The van der Waals surface area contributed by atoms with Crippen molar-refractivity contribution in [3.63, 3.8) is 0 Å². The summed E-state index contributed by atoms with van der Waals surface area (Å²) in [4.78, 5) is 26.1. The van der Waals surface area contributed by atoms with E-state index in [-0.39, 0.29) is 29.9 Å². The second kappa shape index (κ2) is 4.34. The summed E-state index contributed by atoms with van der Waals surface area (Å²) < 4.78 is 5.04. The van der Waals surface area contributed by atoms with Gasteiger partial charge >= 0.3 is 5.97 Å². The first-order valence-electron chi connectivity index (χ1n) is 6.96. The average molecular weight is 264 g/mol. The van der Waals surface area contributed by atoms with E-state index >= 15 is 0 Å². The molecule has 1 atom stereocenters. The summed E-state index contributed by atoms with van der Waals surface area (Å²) in [5.74, 6) is -0.101. The van der Waals surface area contributed by atoms with Gasteiger partial charge in [0.1, 0.15) is 6.61 Å². The lowest BCUT2D eigenvalue weighted by Crippen LogP contribution is -2.43. The molecule has 0 aliphatic carbocycles. The van der Waals surface area contributed by atoms with E-state index < -0.39 is 0 Å². The van der Waals surface area contributed by atoms with Gasteiger partial charge in [-0.15, -0.1) is 0 Å². The molecule has 5 nitrogen and oxygen atoms in total. The number of amides is 1. The molecule has 3 heterocycles. The van der Waals surface area contributed by atoms with Crippen LogP contribution in [0.25, 0.3) is 0 Å². The smallest absolute Gasteiger partial charge is 0.336 e. The zero-order valence-electron chi connectivity index (χ0n) is 11.5. The summed E-state index contributed by atoms with van der Waals surface area (Å²) in [6.45, 7) is 5.87. The third-order valence-corrected chi connectivity index (χ3v) is 4.73. The fourth-order valence-electron chi connectivity index (χ4n) is 3.63. The molecule has 0 aromatic carbocycles. The Kier molecular flexibility index (Phi) is 2.89. The molecule has 1 spiro atoms. The number of hydrogen-bond acceptors (Lipinski definition) is 4. The fraction of sp³-hybridized carbons (Fsp3) is 0.714. The lowest BCUT2D eigenvalue weighted by molar-refractivity contribution is -0.138. The zero-order valence-corrected chi connectivity index (χ0v) is 11.5. The van der Waals surface area contributed by atoms with Crippen LogP contribution in [0.1, 0.15) is 33.1 Å². The van der Waals surface area contributed by atoms with Gasteiger partial charge in [-0.25, -0.2) is 4.79 Å². The summed E-state index contributed by atoms with van der Waals surface area (Å²) in [5.41, 5.74) is 1.15. The largest absolute Gasteiger partial charge is 0.456 e. The molecule has 2 fully saturated rings. The number of cyclic esters (lactones) is 1. The maximum Gasteiger partial charge on any atom is 0.336 e. The number of carbonyl (C=O) groups is 2. The molecule has 0 saturated carbocycles. The molecule has 2 saturated heterocycles. The van der Waals surface area contributed by atoms with Gasteiger partial charge in [0.15, 0.2) is 0 Å². The highest BCUT2D eigenvalue weighted by Crippen LogP contribution is 2.45. The Balaban J connectivity index is 1.92. The molecule has 0 radical (unpaired) electrons. The summed E-state index contributed by atoms with van der Waals surface area (Å²) in [5, 5.41) is 3.31. The molecule has 0 aromatic heterocycles. The van der Waals surface area contributed by atoms with Crippen molar-refractivity contribution in [3.05, 3.63) is 11.3 Å². The van der Waals surface area contributed by atoms with E-state index in [0.29, 0.717) is 5.57 Å². The highest BCUT2D eigenvalue weighted by Gasteiger charge is 2.52. The summed E-state index contributed by atoms with van der Waals surface area (Å²) in [6.07, 6.45) is 2.68. The van der Waals surface area contributed by atoms with Crippen molar-refractivity contribution in [1.82, 2.24) is 10.2 Å². The Bertz CT molecular complexity index is 463. The van der Waals surface area contributed by atoms with Crippen molar-refractivity contribution in [2.75, 3.05) is 19.7 Å². The first kappa shape index (κ1) is 12.7. The van der Waals surface area contributed by atoms with Crippen molar-refractivity contribution in [2.24, 2.45) is 5.41 Å². The standard InChI is InChI=1S/C14H20N2O3/c1-9-7-14(3-5-15-6-4-14)13(18)16(9)11-8-19-12(17)10(11)2/h9,15H,3-8H2,1-2H3. The van der Waals surface area contributed by atoms with Crippen LogP contribution in [0.4, 0.5) is 0 Å². The van der Waals surface area contributed by atoms with Crippen molar-refractivity contribution in [1.29, 1.82) is 0 Å². The van der Waals surface area contributed by atoms with E-state index in [1.165, 1.54) is 0 Å². The molecule has 1 amide bonds. The number of carbonyl (C=O) groups excluding carboxylic acids is 2. The van der Waals surface area contributed by atoms with Gasteiger partial charge in [-0.05, 0) is 46.2 Å². The lowest BCUT2D eigenvalue weighted by Gasteiger charge is -2.32. The number of hydrogen-bond donors (Lipinski definition) is 1. The average Bonchev–Trinajstić information content (AvgIpc) is 2.82. The summed E-state index contributed by atoms with van der Waals surface area (Å²) in [7, 11) is 0. The number of rotatable bonds is 1. The van der Waals surface area contributed by atoms with E-state index in [9.17, 15) is 9.59 Å². The summed E-state index contributed by atoms with van der Waals surface area (Å²) >= 11 is 0. The molecular formula is C14H20N2O3. The molecule has 1 N–H and O–H groups in total. The second-order valence-electron chi connectivity index (χ2n) is 5.91. The molecule has 3 aliphatic rings. The predicted octanol–water partition coefficient (Wildman–Crippen LogP) is 0.808. The number of nitrogens with one attached hydrogen (secondary N) is 1. The van der Waals surface area contributed by atoms with Crippen LogP contribution in [0.2, 0.25) is 0 Å². The Hall–Kier alpha value is -1.36. The van der Waals surface area contributed by atoms with Crippen LogP contribution in [0, 0.1) is 5.41 Å². The number of likely N-dealkylation sites (tertiary alicyclic amines) is 1. The van der Waals surface area contributed by atoms with Gasteiger partial charge < -0.3 is 15.0 Å². The zero-order chi connectivity index (χ0) is 13.6. The molecule has 1 unspecified atom stereocenters. The van der Waals surface area contributed by atoms with E-state index in [1.807, 2.05) is 4.90 Å². The van der Waals surface area contributed by atoms with Crippen LogP contribution in [-0.4, -0.2) is 42.5 Å². The minimum Gasteiger partial charge on any atom is -0.456 e. The predicted molar refractivity (Wildman–Crippen MR) is 69.1 cm³/mol. The quantitative estimate of drug-likeness (QED) is 0.712. The molecule has 104 valence electrons. The van der Waals surface area contributed by atoms with Crippen LogP contribution in [0.15, 0.2) is 11.3 Å². The second-order valence-corrected chi connectivity index (χ2v) is 5.91. The van der Waals surface area contributed by atoms with Crippen molar-refractivity contribution in [3.8, 4) is 0 Å². The molecule has 3 aliphatic heterocycles. The number of ether oxygens (including phenoxy) is 1. The normalized spacial score (nSPS) is 30.4. The van der Waals surface area contributed by atoms with Crippen molar-refractivity contribution in [2.45, 2.75) is 39.2 Å². The Morgan fingerprint density at radius 2 is 2.00 bits per heavy atom. The molecular weight excluding hydrogens is 244 g/mol. The highest BCUT2D eigenvalue weighted by molar-refractivity contribution is 5.94. The van der Waals surface area contributed by atoms with Gasteiger partial charge in [-0.3, -0.25) is 4.79 Å². The van der Waals surface area contributed by atoms with Crippen LogP contribution in [0.5, 0.6) is 0 Å². The van der Waals surface area contributed by atoms with Crippen molar-refractivity contribution >= 4 is 11.9 Å². The van der Waals surface area contributed by atoms with Gasteiger partial charge in [0.2, 0.25) is 5.91 Å². The maximum atomic E-state index is 12.8. The van der Waals surface area contributed by atoms with E-state index in [4.69, 9.17) is 4.74 Å². The van der Waals surface area contributed by atoms with Crippen LogP contribution in [0.3, 0.4) is 0 Å². The van der Waals surface area contributed by atoms with Crippen molar-refractivity contribution < 1.29 is 14.3 Å². The van der Waals surface area contributed by atoms with E-state index in [0.717, 1.165) is 38.0 Å². The van der Waals surface area contributed by atoms with E-state index in [1.54, 1.807) is 6.92 Å². The lowest BCUT2D eigenvalue weighted by atomic mass is 9.77. The van der Waals surface area contributed by atoms with E-state index in [2.05, 4.69) is 12.2 Å². The van der Waals surface area contributed by atoms with Gasteiger partial charge in [0.25, 0.3) is 0 Å². The number of piperidine rings is 1. The maximum absolute atomic E-state index is 12.8. The van der Waals surface area contributed by atoms with Crippen LogP contribution in [-0.2, 0) is 14.3 Å². The third-order valence-electron chi connectivity index (χ3n) is 4.73. The molecule has 0 bridgehead atoms. The highest BCUT2D eigenvalue weighted by atomic mass is 16.5. The monoisotopic (exact) mass is 264 g/mol. The molecule has 0 aromatic rings. The minimum atomic E-state index is -0.290. The molecule has 3 rings (SSSR count). The number of nitrogens with zero attached hydrogens (tertiary/aromatic N) is 1. The Morgan fingerprint density at radius 1 is 1.32 bits per heavy atom. The van der Waals surface area contributed by atoms with Gasteiger partial charge in [0.05, 0.1) is 16.7 Å². The topological polar surface area (TPSA) is 58.6 Å². The SMILES string of the molecule is CC1=C(N2C(=O)C3(CCNCC3)CC2C)COC1=O. The summed E-state index contributed by atoms with van der Waals surface area (Å²) in [6, 6.07) is 0.157. The van der Waals surface area contributed by atoms with Gasteiger partial charge in [-0.2, -0.15) is 0 Å². The number of esters is 1. The first-order valence-corrected chi connectivity index (χ1v) is 6.96. The fourth-order valence-corrected chi connectivity index (χ4v) is 3.63. The van der Waals surface area contributed by atoms with Crippen LogP contribution < -0.4 is 5.32 Å². The molecule has 19 heavy (non-hydrogen) atoms. The van der Waals surface area contributed by atoms with Crippen LogP contribution >= 0.6 is 0 Å².